The molecule has 2 rings (SSSR count). The number of imide groups is 1. The summed E-state index contributed by atoms with van der Waals surface area (Å²) >= 11 is 0. The van der Waals surface area contributed by atoms with Gasteiger partial charge in [-0.15, -0.1) is 0 Å². The zero-order chi connectivity index (χ0) is 16.1. The lowest BCUT2D eigenvalue weighted by Gasteiger charge is -2.17. The van der Waals surface area contributed by atoms with E-state index in [0.29, 0.717) is 5.56 Å². The van der Waals surface area contributed by atoms with Gasteiger partial charge >= 0.3 is 12.0 Å². The van der Waals surface area contributed by atoms with Crippen molar-refractivity contribution in [3.8, 4) is 0 Å². The summed E-state index contributed by atoms with van der Waals surface area (Å²) in [6.07, 6.45) is 3.25. The van der Waals surface area contributed by atoms with Gasteiger partial charge in [0.1, 0.15) is 0 Å². The topological polar surface area (TPSA) is 84.5 Å². The summed E-state index contributed by atoms with van der Waals surface area (Å²) in [7, 11) is 1.40. The molecule has 0 spiro atoms. The second-order valence-electron chi connectivity index (χ2n) is 5.31. The number of hydrogen-bond donors (Lipinski definition) is 2. The van der Waals surface area contributed by atoms with Gasteiger partial charge in [-0.1, -0.05) is 6.07 Å². The Morgan fingerprint density at radius 1 is 1.14 bits per heavy atom. The van der Waals surface area contributed by atoms with E-state index in [1.807, 2.05) is 12.1 Å². The molecule has 0 aliphatic heterocycles. The lowest BCUT2D eigenvalue weighted by molar-refractivity contribution is -0.127. The van der Waals surface area contributed by atoms with Gasteiger partial charge in [-0.2, -0.15) is 0 Å². The molecule has 2 N–H and O–H groups in total. The first kappa shape index (κ1) is 16.0. The molecule has 1 aromatic rings. The Balaban J connectivity index is 1.99. The third-order valence-electron chi connectivity index (χ3n) is 3.70. The van der Waals surface area contributed by atoms with E-state index in [0.717, 1.165) is 19.3 Å². The largest absolute Gasteiger partial charge is 0.449 e. The third kappa shape index (κ3) is 3.84. The number of carbonyl (C=O) groups excluding carboxylic acids is 3. The summed E-state index contributed by atoms with van der Waals surface area (Å²) in [5.41, 5.74) is 2.87. The highest BCUT2D eigenvalue weighted by Gasteiger charge is 2.21. The van der Waals surface area contributed by atoms with E-state index in [2.05, 4.69) is 10.6 Å². The normalized spacial score (nSPS) is 14.5. The SMILES string of the molecule is CNC(=O)NC(=O)[C@@H](C)OC(=O)c1ccc2c(c1)CCCC2. The molecule has 3 amide bonds. The predicted molar refractivity (Wildman–Crippen MR) is 80.6 cm³/mol. The van der Waals surface area contributed by atoms with Crippen LogP contribution in [-0.4, -0.2) is 31.1 Å². The molecule has 6 nitrogen and oxygen atoms in total. The highest BCUT2D eigenvalue weighted by atomic mass is 16.5. The zero-order valence-electron chi connectivity index (χ0n) is 12.8. The van der Waals surface area contributed by atoms with Gasteiger partial charge in [0.25, 0.3) is 5.91 Å². The number of esters is 1. The molecule has 0 saturated heterocycles. The standard InChI is InChI=1S/C16H20N2O4/c1-10(14(19)18-16(21)17-2)22-15(20)13-8-7-11-5-3-4-6-12(11)9-13/h7-10H,3-6H2,1-2H3,(H2,17,18,19,21)/t10-/m1/s1. The van der Waals surface area contributed by atoms with Crippen LogP contribution in [0, 0.1) is 0 Å². The van der Waals surface area contributed by atoms with Gasteiger partial charge in [-0.3, -0.25) is 10.1 Å². The maximum Gasteiger partial charge on any atom is 0.338 e. The van der Waals surface area contributed by atoms with Crippen LogP contribution in [0.5, 0.6) is 0 Å². The number of ether oxygens (including phenoxy) is 1. The number of hydrogen-bond acceptors (Lipinski definition) is 4. The maximum atomic E-state index is 12.1. The third-order valence-corrected chi connectivity index (χ3v) is 3.70. The predicted octanol–water partition coefficient (Wildman–Crippen LogP) is 1.57. The van der Waals surface area contributed by atoms with E-state index in [1.54, 1.807) is 6.07 Å². The minimum atomic E-state index is -1.04. The van der Waals surface area contributed by atoms with Gasteiger partial charge < -0.3 is 10.1 Å². The highest BCUT2D eigenvalue weighted by Crippen LogP contribution is 2.22. The summed E-state index contributed by atoms with van der Waals surface area (Å²) in [6.45, 7) is 1.43. The molecule has 1 atom stereocenters. The molecule has 0 bridgehead atoms. The summed E-state index contributed by atoms with van der Waals surface area (Å²) < 4.78 is 5.10. The van der Waals surface area contributed by atoms with Gasteiger partial charge in [0.2, 0.25) is 0 Å². The molecule has 1 aliphatic rings. The van der Waals surface area contributed by atoms with Crippen molar-refractivity contribution >= 4 is 17.9 Å². The number of urea groups is 1. The number of rotatable bonds is 3. The summed E-state index contributed by atoms with van der Waals surface area (Å²) in [5, 5.41) is 4.33. The first-order valence-electron chi connectivity index (χ1n) is 7.36. The quantitative estimate of drug-likeness (QED) is 0.830. The van der Waals surface area contributed by atoms with Crippen LogP contribution in [0.25, 0.3) is 0 Å². The maximum absolute atomic E-state index is 12.1. The van der Waals surface area contributed by atoms with Gasteiger partial charge in [-0.05, 0) is 55.9 Å². The van der Waals surface area contributed by atoms with Gasteiger partial charge in [-0.25, -0.2) is 9.59 Å². The molecule has 118 valence electrons. The van der Waals surface area contributed by atoms with Crippen molar-refractivity contribution in [2.45, 2.75) is 38.7 Å². The van der Waals surface area contributed by atoms with E-state index in [1.165, 1.54) is 31.5 Å². The van der Waals surface area contributed by atoms with Crippen molar-refractivity contribution in [3.05, 3.63) is 34.9 Å². The lowest BCUT2D eigenvalue weighted by atomic mass is 9.90. The van der Waals surface area contributed by atoms with Crippen LogP contribution in [0.1, 0.15) is 41.3 Å². The molecule has 1 aliphatic carbocycles. The van der Waals surface area contributed by atoms with Crippen LogP contribution < -0.4 is 10.6 Å². The average molecular weight is 304 g/mol. The number of amides is 3. The Kier molecular flexibility index (Phi) is 5.14. The van der Waals surface area contributed by atoms with Crippen molar-refractivity contribution in [1.82, 2.24) is 10.6 Å². The van der Waals surface area contributed by atoms with Crippen LogP contribution in [0.15, 0.2) is 18.2 Å². The molecule has 0 saturated carbocycles. The first-order chi connectivity index (χ1) is 10.5. The van der Waals surface area contributed by atoms with Crippen LogP contribution >= 0.6 is 0 Å². The highest BCUT2D eigenvalue weighted by molar-refractivity contribution is 5.98. The Labute approximate surface area is 129 Å². The van der Waals surface area contributed by atoms with Crippen molar-refractivity contribution in [1.29, 1.82) is 0 Å². The monoisotopic (exact) mass is 304 g/mol. The molecule has 6 heteroatoms. The number of carbonyl (C=O) groups is 3. The van der Waals surface area contributed by atoms with Crippen molar-refractivity contribution in [2.75, 3.05) is 7.05 Å². The van der Waals surface area contributed by atoms with E-state index < -0.39 is 24.0 Å². The van der Waals surface area contributed by atoms with Crippen molar-refractivity contribution in [3.63, 3.8) is 0 Å². The zero-order valence-corrected chi connectivity index (χ0v) is 12.8. The molecule has 0 heterocycles. The summed E-state index contributed by atoms with van der Waals surface area (Å²) in [6, 6.07) is 4.86. The summed E-state index contributed by atoms with van der Waals surface area (Å²) in [5.74, 6) is -1.22. The first-order valence-corrected chi connectivity index (χ1v) is 7.36. The second-order valence-corrected chi connectivity index (χ2v) is 5.31. The fourth-order valence-electron chi connectivity index (χ4n) is 2.42. The number of nitrogens with one attached hydrogen (secondary N) is 2. The second kappa shape index (κ2) is 7.06. The number of benzene rings is 1. The fraction of sp³-hybridized carbons (Fsp3) is 0.438. The Hall–Kier alpha value is -2.37. The van der Waals surface area contributed by atoms with Gasteiger partial charge in [0.15, 0.2) is 6.10 Å². The minimum absolute atomic E-state index is 0.431. The summed E-state index contributed by atoms with van der Waals surface area (Å²) in [4.78, 5) is 34.8. The Morgan fingerprint density at radius 3 is 2.50 bits per heavy atom. The van der Waals surface area contributed by atoms with Crippen molar-refractivity contribution < 1.29 is 19.1 Å². The number of aryl methyl sites for hydroxylation is 2. The van der Waals surface area contributed by atoms with Crippen LogP contribution in [-0.2, 0) is 22.4 Å². The van der Waals surface area contributed by atoms with Crippen molar-refractivity contribution in [2.24, 2.45) is 0 Å². The molecule has 0 fully saturated rings. The number of fused-ring (bicyclic) bond motifs is 1. The molecule has 1 aromatic carbocycles. The molecular weight excluding hydrogens is 284 g/mol. The molecule has 0 radical (unpaired) electrons. The fourth-order valence-corrected chi connectivity index (χ4v) is 2.42. The Morgan fingerprint density at radius 2 is 1.82 bits per heavy atom. The average Bonchev–Trinajstić information content (AvgIpc) is 2.53. The van der Waals surface area contributed by atoms with E-state index >= 15 is 0 Å². The minimum Gasteiger partial charge on any atom is -0.449 e. The van der Waals surface area contributed by atoms with E-state index in [9.17, 15) is 14.4 Å². The lowest BCUT2D eigenvalue weighted by Crippen LogP contribution is -2.43. The van der Waals surface area contributed by atoms with Crippen LogP contribution in [0.4, 0.5) is 4.79 Å². The molecular formula is C16H20N2O4. The van der Waals surface area contributed by atoms with Gasteiger partial charge in [0, 0.05) is 7.05 Å². The van der Waals surface area contributed by atoms with E-state index in [-0.39, 0.29) is 0 Å². The molecule has 0 aromatic heterocycles. The van der Waals surface area contributed by atoms with Crippen LogP contribution in [0.3, 0.4) is 0 Å². The van der Waals surface area contributed by atoms with E-state index in [4.69, 9.17) is 4.74 Å². The molecule has 0 unspecified atom stereocenters. The molecule has 22 heavy (non-hydrogen) atoms. The van der Waals surface area contributed by atoms with Crippen LogP contribution in [0.2, 0.25) is 0 Å². The smallest absolute Gasteiger partial charge is 0.338 e. The van der Waals surface area contributed by atoms with Gasteiger partial charge in [0.05, 0.1) is 5.56 Å². The Bertz CT molecular complexity index is 598.